The Kier molecular flexibility index (Phi) is 21.2. The predicted octanol–water partition coefficient (Wildman–Crippen LogP) is 8.93. The molecule has 3 aliphatic carbocycles. The molecule has 115 heavy (non-hydrogen) atoms. The summed E-state index contributed by atoms with van der Waals surface area (Å²) in [6, 6.07) is 49.8. The summed E-state index contributed by atoms with van der Waals surface area (Å²) < 4.78 is 77.9. The Morgan fingerprint density at radius 1 is 0.426 bits per heavy atom. The molecule has 9 aliphatic rings. The molecular formula is C90H100F3N9O13. The highest BCUT2D eigenvalue weighted by Gasteiger charge is 2.81. The standard InChI is InChI=1S/C30H30F3N3O5.2C30H35N3O4/c1-35-12-14-36(15-13-35)27(38)23-24(18-6-4-3-5-7-18)29(19-8-10-20(11-9-19)30(31,32)33)28(39,26(23)37)25-21(40-2)16-34-17-22(25)41-29;2*1-20-9-11-22(12-10-20)30-26(21-7-5-4-6-8-21)23(19-33-15-13-32(2)14-16-33)28(34)29(30,35)27-24(36-3)17-31-18-25(27)37-30/h3-11,16-17,23-24,26,37,39H,12-15H2,1-2H3;2*4-12,17-18,23,26,28,34-35H,13-16,19H2,1-3H3/t23-,24-,26-,28+,29+;2*23-,26-,28-,29+,30+/m111/s1. The zero-order valence-electron chi connectivity index (χ0n) is 65.8. The second-order valence-corrected chi connectivity index (χ2v) is 32.5. The van der Waals surface area contributed by atoms with Gasteiger partial charge in [-0.2, -0.15) is 13.2 Å². The maximum absolute atomic E-state index is 14.3. The van der Waals surface area contributed by atoms with Crippen molar-refractivity contribution in [2.24, 2.45) is 17.8 Å². The van der Waals surface area contributed by atoms with Crippen molar-refractivity contribution in [3.05, 3.63) is 268 Å². The van der Waals surface area contributed by atoms with Crippen LogP contribution in [0.25, 0.3) is 0 Å². The topological polar surface area (TPSA) is 252 Å². The molecule has 25 heteroatoms. The van der Waals surface area contributed by atoms with Crippen LogP contribution in [0.4, 0.5) is 13.2 Å². The predicted molar refractivity (Wildman–Crippen MR) is 423 cm³/mol. The highest BCUT2D eigenvalue weighted by atomic mass is 19.4. The lowest BCUT2D eigenvalue weighted by atomic mass is 9.70. The number of aryl methyl sites for hydroxylation is 2. The van der Waals surface area contributed by atoms with Crippen molar-refractivity contribution in [2.75, 3.05) is 134 Å². The van der Waals surface area contributed by atoms with Gasteiger partial charge in [-0.25, -0.2) is 0 Å². The number of methoxy groups -OCH3 is 3. The van der Waals surface area contributed by atoms with E-state index in [0.717, 1.165) is 97.9 Å². The highest BCUT2D eigenvalue weighted by Crippen LogP contribution is 2.73. The first kappa shape index (κ1) is 79.2. The molecule has 15 atom stereocenters. The van der Waals surface area contributed by atoms with Gasteiger partial charge in [-0.3, -0.25) is 19.7 Å². The van der Waals surface area contributed by atoms with E-state index in [-0.39, 0.29) is 52.2 Å². The van der Waals surface area contributed by atoms with E-state index in [1.54, 1.807) is 74.2 Å². The largest absolute Gasteiger partial charge is 0.495 e. The normalized spacial score (nSPS) is 30.8. The number of benzene rings is 6. The molecule has 0 spiro atoms. The fourth-order valence-corrected chi connectivity index (χ4v) is 20.5. The van der Waals surface area contributed by atoms with Crippen LogP contribution in [-0.4, -0.2) is 233 Å². The zero-order chi connectivity index (χ0) is 80.7. The molecular weight excluding hydrogens is 1470 g/mol. The van der Waals surface area contributed by atoms with Crippen LogP contribution < -0.4 is 28.4 Å². The van der Waals surface area contributed by atoms with Crippen LogP contribution >= 0.6 is 0 Å². The number of fused-ring (bicyclic) bond motifs is 9. The molecule has 9 aromatic rings. The first-order valence-corrected chi connectivity index (χ1v) is 39.5. The molecule has 6 aliphatic heterocycles. The lowest BCUT2D eigenvalue weighted by molar-refractivity contribution is -0.157. The minimum Gasteiger partial charge on any atom is -0.495 e. The summed E-state index contributed by atoms with van der Waals surface area (Å²) in [5.74, 6) is -1.83. The van der Waals surface area contributed by atoms with E-state index in [2.05, 4.69) is 77.8 Å². The van der Waals surface area contributed by atoms with Gasteiger partial charge in [0.15, 0.2) is 33.6 Å². The highest BCUT2D eigenvalue weighted by molar-refractivity contribution is 5.83. The molecule has 0 bridgehead atoms. The summed E-state index contributed by atoms with van der Waals surface area (Å²) in [5.41, 5.74) is -3.37. The molecule has 3 aromatic heterocycles. The number of aliphatic hydroxyl groups is 6. The number of amides is 1. The monoisotopic (exact) mass is 1570 g/mol. The Bertz CT molecular complexity index is 4750. The Morgan fingerprint density at radius 3 is 1.06 bits per heavy atom. The van der Waals surface area contributed by atoms with Gasteiger partial charge in [0.2, 0.25) is 5.91 Å². The molecule has 6 aromatic carbocycles. The van der Waals surface area contributed by atoms with Crippen molar-refractivity contribution in [2.45, 2.75) is 89.7 Å². The summed E-state index contributed by atoms with van der Waals surface area (Å²) in [6.45, 7) is 15.1. The van der Waals surface area contributed by atoms with E-state index in [4.69, 9.17) is 28.4 Å². The fourth-order valence-electron chi connectivity index (χ4n) is 20.5. The van der Waals surface area contributed by atoms with Crippen LogP contribution in [0, 0.1) is 31.6 Å². The molecule has 0 unspecified atom stereocenters. The van der Waals surface area contributed by atoms with Crippen LogP contribution in [0.1, 0.15) is 84.5 Å². The van der Waals surface area contributed by atoms with Gasteiger partial charge in [0.05, 0.1) is 98.9 Å². The van der Waals surface area contributed by atoms with Crippen molar-refractivity contribution in [1.82, 2.24) is 44.4 Å². The molecule has 0 radical (unpaired) electrons. The Labute approximate surface area is 667 Å². The number of halogens is 3. The maximum atomic E-state index is 14.3. The van der Waals surface area contributed by atoms with Gasteiger partial charge >= 0.3 is 6.18 Å². The molecule has 604 valence electrons. The molecule has 18 rings (SSSR count). The third-order valence-electron chi connectivity index (χ3n) is 26.2. The third kappa shape index (κ3) is 12.6. The summed E-state index contributed by atoms with van der Waals surface area (Å²) in [7, 11) is 10.7. The van der Waals surface area contributed by atoms with Crippen molar-refractivity contribution in [1.29, 1.82) is 0 Å². The molecule has 1 amide bonds. The van der Waals surface area contributed by atoms with E-state index < -0.39 is 75.5 Å². The van der Waals surface area contributed by atoms with E-state index >= 15 is 0 Å². The molecule has 9 heterocycles. The SMILES string of the molecule is COc1cncc2c1[C@]1(O)[C@H](O)[C@H](C(=O)N3CCN(C)CC3)[C@@H](c3ccccc3)[C@]1(c1ccc(C(F)(F)F)cc1)O2.COc1cncc2c1[C@]1(O)[C@H](O)[C@H](CN3CCN(C)CC3)[C@@H](c3ccccc3)[C@]1(c1ccc(C)cc1)O2.COc1cncc2c1[C@]1(O)[C@H](O)[C@H](CN3CCN(C)CC3)[C@@H](c3ccccc3)[C@]1(c1ccc(C)cc1)O2. The number of likely N-dealkylation sites (N-methyl/N-ethyl adjacent to an activating group) is 3. The number of ether oxygens (including phenoxy) is 6. The van der Waals surface area contributed by atoms with E-state index in [1.165, 1.54) is 31.6 Å². The smallest absolute Gasteiger partial charge is 0.416 e. The number of aliphatic hydroxyl groups excluding tert-OH is 3. The summed E-state index contributed by atoms with van der Waals surface area (Å²) >= 11 is 0. The van der Waals surface area contributed by atoms with Gasteiger partial charge in [0.25, 0.3) is 0 Å². The fraction of sp³-hybridized carbons (Fsp3) is 0.422. The molecule has 3 saturated carbocycles. The van der Waals surface area contributed by atoms with Crippen LogP contribution in [-0.2, 0) is 44.6 Å². The Morgan fingerprint density at radius 2 is 0.730 bits per heavy atom. The first-order chi connectivity index (χ1) is 55.3. The summed E-state index contributed by atoms with van der Waals surface area (Å²) in [5, 5.41) is 75.2. The van der Waals surface area contributed by atoms with Crippen LogP contribution in [0.3, 0.4) is 0 Å². The van der Waals surface area contributed by atoms with E-state index in [1.807, 2.05) is 106 Å². The number of nitrogens with zero attached hydrogens (tertiary/aromatic N) is 9. The quantitative estimate of drug-likeness (QED) is 0.0594. The second-order valence-electron chi connectivity index (χ2n) is 32.5. The van der Waals surface area contributed by atoms with E-state index in [0.29, 0.717) is 79.0 Å². The Balaban J connectivity index is 0.000000130. The van der Waals surface area contributed by atoms with Crippen molar-refractivity contribution in [3.8, 4) is 34.5 Å². The van der Waals surface area contributed by atoms with Crippen molar-refractivity contribution >= 4 is 5.91 Å². The van der Waals surface area contributed by atoms with Gasteiger partial charge in [0, 0.05) is 121 Å². The average Bonchev–Trinajstić information content (AvgIpc) is 1.51. The number of rotatable bonds is 14. The summed E-state index contributed by atoms with van der Waals surface area (Å²) in [6.07, 6.45) is 0.643. The number of carbonyl (C=O) groups excluding carboxylic acids is 1. The lowest BCUT2D eigenvalue weighted by Gasteiger charge is -2.41. The molecule has 22 nitrogen and oxygen atoms in total. The molecule has 3 saturated heterocycles. The number of hydrogen-bond donors (Lipinski definition) is 6. The van der Waals surface area contributed by atoms with Gasteiger partial charge in [-0.1, -0.05) is 163 Å². The zero-order valence-corrected chi connectivity index (χ0v) is 65.8. The lowest BCUT2D eigenvalue weighted by Crippen LogP contribution is -2.52. The minimum atomic E-state index is -4.59. The number of piperazine rings is 3. The number of carbonyl (C=O) groups is 1. The first-order valence-electron chi connectivity index (χ1n) is 39.5. The number of alkyl halides is 3. The average molecular weight is 1570 g/mol. The molecule has 6 N–H and O–H groups in total. The van der Waals surface area contributed by atoms with Crippen molar-refractivity contribution < 1.29 is 77.0 Å². The van der Waals surface area contributed by atoms with Crippen LogP contribution in [0.5, 0.6) is 34.5 Å². The third-order valence-corrected chi connectivity index (χ3v) is 26.2. The maximum Gasteiger partial charge on any atom is 0.416 e. The van der Waals surface area contributed by atoms with Gasteiger partial charge < -0.3 is 88.5 Å². The van der Waals surface area contributed by atoms with Gasteiger partial charge in [-0.05, 0) is 80.5 Å². The van der Waals surface area contributed by atoms with Crippen LogP contribution in [0.15, 0.2) is 201 Å². The number of pyridine rings is 3. The summed E-state index contributed by atoms with van der Waals surface area (Å²) in [4.78, 5) is 40.3. The second kappa shape index (κ2) is 30.8. The van der Waals surface area contributed by atoms with Gasteiger partial charge in [0.1, 0.15) is 40.6 Å². The Hall–Kier alpha value is -9.61. The number of aromatic nitrogens is 3. The van der Waals surface area contributed by atoms with Crippen LogP contribution in [0.2, 0.25) is 0 Å². The van der Waals surface area contributed by atoms with Gasteiger partial charge in [-0.15, -0.1) is 0 Å². The molecule has 6 fully saturated rings. The minimum absolute atomic E-state index is 0.0945. The van der Waals surface area contributed by atoms with E-state index in [9.17, 15) is 48.6 Å². The number of hydrogen-bond acceptors (Lipinski definition) is 21. The van der Waals surface area contributed by atoms with Crippen molar-refractivity contribution in [3.63, 3.8) is 0 Å².